The molecule has 0 unspecified atom stereocenters. The van der Waals surface area contributed by atoms with Crippen LogP contribution in [0.2, 0.25) is 0 Å². The van der Waals surface area contributed by atoms with Gasteiger partial charge >= 0.3 is 0 Å². The number of anilines is 1. The summed E-state index contributed by atoms with van der Waals surface area (Å²) in [7, 11) is 0. The summed E-state index contributed by atoms with van der Waals surface area (Å²) >= 11 is 0. The van der Waals surface area contributed by atoms with Gasteiger partial charge in [-0.15, -0.1) is 0 Å². The number of rotatable bonds is 8. The fourth-order valence-electron chi connectivity index (χ4n) is 4.79. The molecule has 0 saturated carbocycles. The van der Waals surface area contributed by atoms with Crippen LogP contribution in [0.4, 0.5) is 5.69 Å². The van der Waals surface area contributed by atoms with Crippen LogP contribution < -0.4 is 5.32 Å². The second-order valence-electron chi connectivity index (χ2n) is 9.44. The van der Waals surface area contributed by atoms with Gasteiger partial charge < -0.3 is 10.2 Å². The molecule has 0 atom stereocenters. The zero-order valence-electron chi connectivity index (χ0n) is 20.8. The first-order valence-corrected chi connectivity index (χ1v) is 12.5. The van der Waals surface area contributed by atoms with Gasteiger partial charge in [0.05, 0.1) is 0 Å². The van der Waals surface area contributed by atoms with Crippen LogP contribution in [0.3, 0.4) is 0 Å². The van der Waals surface area contributed by atoms with Crippen molar-refractivity contribution in [2.75, 3.05) is 18.4 Å². The molecule has 1 fully saturated rings. The molecular weight excluding hydrogens is 414 g/mol. The molecular formula is C31H37N3. The number of nitrogens with one attached hydrogen (secondary N) is 1. The smallest absolute Gasteiger partial charge is 0.0381 e. The van der Waals surface area contributed by atoms with Crippen molar-refractivity contribution in [3.63, 3.8) is 0 Å². The van der Waals surface area contributed by atoms with Gasteiger partial charge in [-0.25, -0.2) is 0 Å². The van der Waals surface area contributed by atoms with E-state index in [1.165, 1.54) is 46.5 Å². The molecule has 1 saturated heterocycles. The molecule has 1 aromatic heterocycles. The molecule has 3 aromatic rings. The molecule has 1 aliphatic rings. The van der Waals surface area contributed by atoms with Crippen molar-refractivity contribution in [1.29, 1.82) is 0 Å². The van der Waals surface area contributed by atoms with Crippen molar-refractivity contribution in [3.05, 3.63) is 108 Å². The molecule has 4 rings (SSSR count). The maximum atomic E-state index is 4.30. The molecule has 3 nitrogen and oxygen atoms in total. The van der Waals surface area contributed by atoms with Gasteiger partial charge in [-0.3, -0.25) is 4.98 Å². The lowest BCUT2D eigenvalue weighted by molar-refractivity contribution is 0.264. The molecule has 34 heavy (non-hydrogen) atoms. The van der Waals surface area contributed by atoms with Gasteiger partial charge in [-0.05, 0) is 85.5 Å². The Kier molecular flexibility index (Phi) is 7.84. The lowest BCUT2D eigenvalue weighted by Crippen LogP contribution is -2.31. The predicted octanol–water partition coefficient (Wildman–Crippen LogP) is 7.72. The van der Waals surface area contributed by atoms with Crippen LogP contribution in [-0.2, 0) is 6.42 Å². The van der Waals surface area contributed by atoms with E-state index in [1.54, 1.807) is 0 Å². The van der Waals surface area contributed by atoms with Gasteiger partial charge in [0.1, 0.15) is 0 Å². The molecule has 0 radical (unpaired) electrons. The molecule has 1 aliphatic heterocycles. The van der Waals surface area contributed by atoms with Gasteiger partial charge in [0, 0.05) is 48.5 Å². The summed E-state index contributed by atoms with van der Waals surface area (Å²) in [6, 6.07) is 22.2. The van der Waals surface area contributed by atoms with E-state index in [4.69, 9.17) is 0 Å². The van der Waals surface area contributed by atoms with Crippen molar-refractivity contribution in [2.45, 2.75) is 52.4 Å². The van der Waals surface area contributed by atoms with Crippen molar-refractivity contribution >= 4 is 5.69 Å². The summed E-state index contributed by atoms with van der Waals surface area (Å²) in [5, 5.41) is 3.67. The normalized spacial score (nSPS) is 14.8. The number of allylic oxidation sites excluding steroid dienone is 3. The Hall–Kier alpha value is -3.33. The molecule has 176 valence electrons. The number of hydrogen-bond acceptors (Lipinski definition) is 3. The zero-order valence-corrected chi connectivity index (χ0v) is 20.8. The summed E-state index contributed by atoms with van der Waals surface area (Å²) in [5.41, 5.74) is 9.85. The van der Waals surface area contributed by atoms with E-state index in [9.17, 15) is 0 Å². The van der Waals surface area contributed by atoms with E-state index in [-0.39, 0.29) is 0 Å². The van der Waals surface area contributed by atoms with Crippen LogP contribution in [0.1, 0.15) is 55.8 Å². The number of aromatic nitrogens is 1. The first-order chi connectivity index (χ1) is 16.5. The number of nitrogens with zero attached hydrogens (tertiary/aromatic N) is 2. The van der Waals surface area contributed by atoms with Crippen molar-refractivity contribution in [2.24, 2.45) is 0 Å². The number of benzene rings is 2. The van der Waals surface area contributed by atoms with Crippen LogP contribution in [0, 0.1) is 6.92 Å². The third kappa shape index (κ3) is 6.17. The molecule has 3 heteroatoms. The van der Waals surface area contributed by atoms with E-state index >= 15 is 0 Å². The predicted molar refractivity (Wildman–Crippen MR) is 145 cm³/mol. The van der Waals surface area contributed by atoms with Crippen molar-refractivity contribution < 1.29 is 0 Å². The quantitative estimate of drug-likeness (QED) is 0.380. The Morgan fingerprint density at radius 1 is 1.03 bits per heavy atom. The van der Waals surface area contributed by atoms with Gasteiger partial charge in [-0.1, -0.05) is 56.0 Å². The highest BCUT2D eigenvalue weighted by Gasteiger charge is 2.20. The van der Waals surface area contributed by atoms with Gasteiger partial charge in [0.2, 0.25) is 0 Å². The average Bonchev–Trinajstić information content (AvgIpc) is 2.85. The van der Waals surface area contributed by atoms with E-state index in [0.29, 0.717) is 5.92 Å². The molecule has 2 heterocycles. The molecule has 0 aliphatic carbocycles. The van der Waals surface area contributed by atoms with Gasteiger partial charge in [0.25, 0.3) is 0 Å². The minimum Gasteiger partial charge on any atom is -0.375 e. The topological polar surface area (TPSA) is 28.2 Å². The molecule has 1 N–H and O–H groups in total. The van der Waals surface area contributed by atoms with Gasteiger partial charge in [0.15, 0.2) is 0 Å². The molecule has 0 bridgehead atoms. The molecule has 0 spiro atoms. The third-order valence-corrected chi connectivity index (χ3v) is 6.75. The number of hydrogen-bond donors (Lipinski definition) is 1. The lowest BCUT2D eigenvalue weighted by atomic mass is 9.89. The third-order valence-electron chi connectivity index (χ3n) is 6.75. The summed E-state index contributed by atoms with van der Waals surface area (Å²) < 4.78 is 0. The van der Waals surface area contributed by atoms with Crippen molar-refractivity contribution in [3.8, 4) is 11.1 Å². The van der Waals surface area contributed by atoms with Crippen LogP contribution in [0.5, 0.6) is 0 Å². The second-order valence-corrected chi connectivity index (χ2v) is 9.44. The second kappa shape index (κ2) is 11.2. The largest absolute Gasteiger partial charge is 0.375 e. The van der Waals surface area contributed by atoms with Crippen LogP contribution in [-0.4, -0.2) is 23.0 Å². The summed E-state index contributed by atoms with van der Waals surface area (Å²) in [6.07, 6.45) is 8.48. The monoisotopic (exact) mass is 451 g/mol. The van der Waals surface area contributed by atoms with Crippen LogP contribution >= 0.6 is 0 Å². The van der Waals surface area contributed by atoms with Crippen molar-refractivity contribution in [1.82, 2.24) is 9.88 Å². The highest BCUT2D eigenvalue weighted by molar-refractivity contribution is 5.63. The molecule has 2 aromatic carbocycles. The maximum absolute atomic E-state index is 4.30. The Labute approximate surface area is 205 Å². The Morgan fingerprint density at radius 2 is 1.74 bits per heavy atom. The highest BCUT2D eigenvalue weighted by Crippen LogP contribution is 2.30. The van der Waals surface area contributed by atoms with E-state index < -0.39 is 0 Å². The zero-order chi connectivity index (χ0) is 23.9. The summed E-state index contributed by atoms with van der Waals surface area (Å²) in [6.45, 7) is 12.7. The van der Waals surface area contributed by atoms with Crippen LogP contribution in [0.15, 0.2) is 90.9 Å². The number of pyridine rings is 1. The van der Waals surface area contributed by atoms with E-state index in [1.807, 2.05) is 13.1 Å². The Bertz CT molecular complexity index is 1120. The maximum Gasteiger partial charge on any atom is 0.0381 e. The molecule has 0 amide bonds. The minimum atomic E-state index is 0.651. The Morgan fingerprint density at radius 3 is 2.35 bits per heavy atom. The van der Waals surface area contributed by atoms with E-state index in [2.05, 4.69) is 102 Å². The summed E-state index contributed by atoms with van der Waals surface area (Å²) in [5.74, 6) is 0.651. The van der Waals surface area contributed by atoms with Gasteiger partial charge in [-0.2, -0.15) is 0 Å². The first kappa shape index (κ1) is 23.8. The number of likely N-dealkylation sites (tertiary alicyclic amines) is 1. The van der Waals surface area contributed by atoms with E-state index in [0.717, 1.165) is 37.3 Å². The summed E-state index contributed by atoms with van der Waals surface area (Å²) in [4.78, 5) is 6.70. The number of aryl methyl sites for hydroxylation is 1. The Balaban J connectivity index is 1.38. The SMILES string of the molecule is C=C(C)N1CCC(c2ccc(N/C(=C\CC)Cc3ccc(-c4ccnc(C)c4)cc3)cc2)CC1. The number of piperidine rings is 1. The fourth-order valence-corrected chi connectivity index (χ4v) is 4.79. The highest BCUT2D eigenvalue weighted by atomic mass is 15.1. The van der Waals surface area contributed by atoms with Crippen LogP contribution in [0.25, 0.3) is 11.1 Å². The average molecular weight is 452 g/mol. The lowest BCUT2D eigenvalue weighted by Gasteiger charge is -2.34. The minimum absolute atomic E-state index is 0.651. The fraction of sp³-hybridized carbons (Fsp3) is 0.323. The standard InChI is InChI=1S/C31H37N3/c1-5-6-31(22-25-7-9-27(10-8-25)29-15-18-32-24(4)21-29)33-30-13-11-26(12-14-30)28-16-19-34(20-17-28)23(2)3/h6-15,18,21,28,33H,2,5,16-17,19-20,22H2,1,3-4H3/b31-6-. The first-order valence-electron chi connectivity index (χ1n) is 12.5.